The summed E-state index contributed by atoms with van der Waals surface area (Å²) >= 11 is 3.35. The number of aromatic nitrogens is 2. The van der Waals surface area contributed by atoms with Gasteiger partial charge in [0, 0.05) is 25.8 Å². The summed E-state index contributed by atoms with van der Waals surface area (Å²) in [5.74, 6) is 1.13. The molecule has 0 aliphatic heterocycles. The van der Waals surface area contributed by atoms with Gasteiger partial charge in [0.05, 0.1) is 6.61 Å². The summed E-state index contributed by atoms with van der Waals surface area (Å²) in [6.07, 6.45) is 2.08. The molecule has 18 heavy (non-hydrogen) atoms. The van der Waals surface area contributed by atoms with E-state index in [2.05, 4.69) is 44.6 Å². The highest BCUT2D eigenvalue weighted by Gasteiger charge is 2.18. The van der Waals surface area contributed by atoms with Gasteiger partial charge in [-0.25, -0.2) is 4.98 Å². The lowest BCUT2D eigenvalue weighted by Gasteiger charge is -2.30. The Hall–Kier alpha value is -0.880. The summed E-state index contributed by atoms with van der Waals surface area (Å²) < 4.78 is 5.86. The Kier molecular flexibility index (Phi) is 6.35. The highest BCUT2D eigenvalue weighted by Crippen LogP contribution is 2.20. The smallest absolute Gasteiger partial charge is 0.228 e. The second-order valence-electron chi connectivity index (χ2n) is 4.07. The van der Waals surface area contributed by atoms with E-state index in [1.807, 2.05) is 0 Å². The van der Waals surface area contributed by atoms with Crippen LogP contribution >= 0.6 is 15.9 Å². The molecule has 0 radical (unpaired) electrons. The molecular formula is C12H21BrN4O. The predicted molar refractivity (Wildman–Crippen MR) is 77.7 cm³/mol. The van der Waals surface area contributed by atoms with Crippen molar-refractivity contribution in [2.24, 2.45) is 0 Å². The van der Waals surface area contributed by atoms with Crippen molar-refractivity contribution in [1.29, 1.82) is 0 Å². The molecule has 0 unspecified atom stereocenters. The number of nitrogens with zero attached hydrogens (tertiary/aromatic N) is 3. The minimum absolute atomic E-state index is 0.397. The first-order valence-corrected chi connectivity index (χ1v) is 6.97. The number of hydrogen-bond acceptors (Lipinski definition) is 5. The Morgan fingerprint density at radius 2 is 2.06 bits per heavy atom. The molecule has 6 heteroatoms. The number of anilines is 2. The van der Waals surface area contributed by atoms with Gasteiger partial charge in [0.25, 0.3) is 0 Å². The summed E-state index contributed by atoms with van der Waals surface area (Å²) in [6, 6.07) is 2.10. The van der Waals surface area contributed by atoms with E-state index in [1.54, 1.807) is 13.2 Å². The van der Waals surface area contributed by atoms with Crippen molar-refractivity contribution in [2.75, 3.05) is 30.9 Å². The Morgan fingerprint density at radius 1 is 1.39 bits per heavy atom. The van der Waals surface area contributed by atoms with Gasteiger partial charge in [-0.05, 0) is 28.8 Å². The molecule has 0 amide bonds. The zero-order valence-corrected chi connectivity index (χ0v) is 12.8. The van der Waals surface area contributed by atoms with Crippen LogP contribution in [0.25, 0.3) is 0 Å². The van der Waals surface area contributed by atoms with Crippen LogP contribution in [0.4, 0.5) is 11.8 Å². The average molecular weight is 317 g/mol. The van der Waals surface area contributed by atoms with E-state index in [0.29, 0.717) is 29.0 Å². The Labute approximate surface area is 117 Å². The van der Waals surface area contributed by atoms with Crippen molar-refractivity contribution in [2.45, 2.75) is 32.7 Å². The molecule has 0 aromatic carbocycles. The zero-order chi connectivity index (χ0) is 13.5. The summed E-state index contributed by atoms with van der Waals surface area (Å²) in [5.41, 5.74) is 5.77. The van der Waals surface area contributed by atoms with Gasteiger partial charge < -0.3 is 15.4 Å². The van der Waals surface area contributed by atoms with Gasteiger partial charge >= 0.3 is 0 Å². The first-order chi connectivity index (χ1) is 8.62. The quantitative estimate of drug-likeness (QED) is 0.783. The maximum atomic E-state index is 5.77. The number of nitrogen functional groups attached to an aromatic ring is 1. The van der Waals surface area contributed by atoms with Gasteiger partial charge in [-0.3, -0.25) is 0 Å². The molecule has 0 atom stereocenters. The molecule has 0 aliphatic rings. The average Bonchev–Trinajstić information content (AvgIpc) is 2.33. The molecule has 2 N–H and O–H groups in total. The standard InChI is InChI=1S/C12H21BrN4O/c1-4-9(5-2)17(6-7-18-3)12-15-10(13)8-11(14)16-12/h8-9H,4-7H2,1-3H3,(H2,14,15,16). The molecular weight excluding hydrogens is 296 g/mol. The lowest BCUT2D eigenvalue weighted by atomic mass is 10.1. The van der Waals surface area contributed by atoms with Crippen molar-refractivity contribution < 1.29 is 4.74 Å². The summed E-state index contributed by atoms with van der Waals surface area (Å²) in [5, 5.41) is 0. The lowest BCUT2D eigenvalue weighted by Crippen LogP contribution is -2.38. The Balaban J connectivity index is 2.99. The monoisotopic (exact) mass is 316 g/mol. The summed E-state index contributed by atoms with van der Waals surface area (Å²) in [7, 11) is 1.70. The fourth-order valence-corrected chi connectivity index (χ4v) is 2.31. The summed E-state index contributed by atoms with van der Waals surface area (Å²) in [4.78, 5) is 10.9. The second-order valence-corrected chi connectivity index (χ2v) is 4.88. The maximum Gasteiger partial charge on any atom is 0.228 e. The number of nitrogens with two attached hydrogens (primary N) is 1. The third kappa shape index (κ3) is 4.10. The molecule has 0 aliphatic carbocycles. The Bertz CT molecular complexity index is 351. The molecule has 0 bridgehead atoms. The molecule has 0 saturated heterocycles. The highest BCUT2D eigenvalue weighted by molar-refractivity contribution is 9.10. The van der Waals surface area contributed by atoms with E-state index in [-0.39, 0.29) is 0 Å². The first kappa shape index (κ1) is 15.2. The van der Waals surface area contributed by atoms with Crippen molar-refractivity contribution >= 4 is 27.7 Å². The fourth-order valence-electron chi connectivity index (χ4n) is 1.92. The lowest BCUT2D eigenvalue weighted by molar-refractivity contribution is 0.202. The van der Waals surface area contributed by atoms with Crippen LogP contribution in [0, 0.1) is 0 Å². The molecule has 0 fully saturated rings. The van der Waals surface area contributed by atoms with E-state index in [1.165, 1.54) is 0 Å². The minimum atomic E-state index is 0.397. The fraction of sp³-hybridized carbons (Fsp3) is 0.667. The molecule has 1 heterocycles. The molecule has 1 aromatic heterocycles. The minimum Gasteiger partial charge on any atom is -0.383 e. The normalized spacial score (nSPS) is 10.9. The summed E-state index contributed by atoms with van der Waals surface area (Å²) in [6.45, 7) is 5.73. The SMILES string of the molecule is CCC(CC)N(CCOC)c1nc(N)cc(Br)n1. The number of halogens is 1. The predicted octanol–water partition coefficient (Wildman–Crippen LogP) is 2.46. The molecule has 102 valence electrons. The van der Waals surface area contributed by atoms with Crippen LogP contribution in [-0.2, 0) is 4.74 Å². The number of methoxy groups -OCH3 is 1. The molecule has 1 aromatic rings. The molecule has 5 nitrogen and oxygen atoms in total. The van der Waals surface area contributed by atoms with E-state index in [0.717, 1.165) is 19.4 Å². The van der Waals surface area contributed by atoms with Crippen LogP contribution in [0.3, 0.4) is 0 Å². The van der Waals surface area contributed by atoms with Gasteiger partial charge in [0.1, 0.15) is 10.4 Å². The van der Waals surface area contributed by atoms with Gasteiger partial charge in [0.15, 0.2) is 0 Å². The molecule has 0 saturated carbocycles. The van der Waals surface area contributed by atoms with Crippen LogP contribution in [0.2, 0.25) is 0 Å². The van der Waals surface area contributed by atoms with Crippen molar-refractivity contribution in [3.63, 3.8) is 0 Å². The van der Waals surface area contributed by atoms with Crippen LogP contribution in [0.5, 0.6) is 0 Å². The van der Waals surface area contributed by atoms with Gasteiger partial charge in [-0.15, -0.1) is 0 Å². The van der Waals surface area contributed by atoms with Crippen LogP contribution < -0.4 is 10.6 Å². The van der Waals surface area contributed by atoms with Gasteiger partial charge in [-0.2, -0.15) is 4.98 Å². The largest absolute Gasteiger partial charge is 0.383 e. The first-order valence-electron chi connectivity index (χ1n) is 6.18. The van der Waals surface area contributed by atoms with Crippen LogP contribution in [-0.4, -0.2) is 36.3 Å². The number of hydrogen-bond donors (Lipinski definition) is 1. The van der Waals surface area contributed by atoms with Crippen molar-refractivity contribution in [1.82, 2.24) is 9.97 Å². The van der Waals surface area contributed by atoms with E-state index >= 15 is 0 Å². The van der Waals surface area contributed by atoms with Gasteiger partial charge in [0.2, 0.25) is 5.95 Å². The topological polar surface area (TPSA) is 64.3 Å². The van der Waals surface area contributed by atoms with E-state index in [4.69, 9.17) is 10.5 Å². The van der Waals surface area contributed by atoms with Crippen LogP contribution in [0.1, 0.15) is 26.7 Å². The van der Waals surface area contributed by atoms with E-state index < -0.39 is 0 Å². The third-order valence-electron chi connectivity index (χ3n) is 2.88. The number of rotatable bonds is 7. The van der Waals surface area contributed by atoms with Crippen molar-refractivity contribution in [3.8, 4) is 0 Å². The third-order valence-corrected chi connectivity index (χ3v) is 3.29. The highest BCUT2D eigenvalue weighted by atomic mass is 79.9. The van der Waals surface area contributed by atoms with Gasteiger partial charge in [-0.1, -0.05) is 13.8 Å². The molecule has 1 rings (SSSR count). The van der Waals surface area contributed by atoms with E-state index in [9.17, 15) is 0 Å². The van der Waals surface area contributed by atoms with Crippen molar-refractivity contribution in [3.05, 3.63) is 10.7 Å². The Morgan fingerprint density at radius 3 is 2.56 bits per heavy atom. The zero-order valence-electron chi connectivity index (χ0n) is 11.2. The number of ether oxygens (including phenoxy) is 1. The maximum absolute atomic E-state index is 5.77. The second kappa shape index (κ2) is 7.53. The molecule has 0 spiro atoms. The van der Waals surface area contributed by atoms with Crippen LogP contribution in [0.15, 0.2) is 10.7 Å².